The fourth-order valence-electron chi connectivity index (χ4n) is 4.30. The largest absolute Gasteiger partial charge is 0.356 e. The molecule has 3 amide bonds. The Morgan fingerprint density at radius 3 is 2.39 bits per heavy atom. The number of benzene rings is 1. The lowest BCUT2D eigenvalue weighted by atomic mass is 9.81. The van der Waals surface area contributed by atoms with Gasteiger partial charge in [-0.15, -0.1) is 0 Å². The van der Waals surface area contributed by atoms with Gasteiger partial charge in [0, 0.05) is 26.1 Å². The average Bonchev–Trinajstić information content (AvgIpc) is 2.95. The first-order chi connectivity index (χ1) is 13.6. The summed E-state index contributed by atoms with van der Waals surface area (Å²) >= 11 is 0. The molecule has 2 fully saturated rings. The highest BCUT2D eigenvalue weighted by Gasteiger charge is 2.47. The second-order valence-corrected chi connectivity index (χ2v) is 8.00. The van der Waals surface area contributed by atoms with Crippen LogP contribution < -0.4 is 5.32 Å². The van der Waals surface area contributed by atoms with E-state index < -0.39 is 0 Å². The van der Waals surface area contributed by atoms with E-state index in [2.05, 4.69) is 29.4 Å². The predicted molar refractivity (Wildman–Crippen MR) is 107 cm³/mol. The molecule has 152 valence electrons. The van der Waals surface area contributed by atoms with E-state index in [0.717, 1.165) is 45.2 Å². The molecule has 0 unspecified atom stereocenters. The Bertz CT molecular complexity index is 668. The van der Waals surface area contributed by atoms with Crippen LogP contribution in [0.1, 0.15) is 44.1 Å². The van der Waals surface area contributed by atoms with Crippen LogP contribution in [0.2, 0.25) is 0 Å². The van der Waals surface area contributed by atoms with Gasteiger partial charge in [0.2, 0.25) is 17.7 Å². The molecule has 1 aromatic carbocycles. The number of fused-ring (bicyclic) bond motifs is 1. The maximum absolute atomic E-state index is 12.4. The highest BCUT2D eigenvalue weighted by Crippen LogP contribution is 2.37. The van der Waals surface area contributed by atoms with E-state index in [9.17, 15) is 14.4 Å². The van der Waals surface area contributed by atoms with Gasteiger partial charge in [-0.3, -0.25) is 19.3 Å². The summed E-state index contributed by atoms with van der Waals surface area (Å²) in [6, 6.07) is 10.3. The molecule has 3 rings (SSSR count). The monoisotopic (exact) mass is 385 g/mol. The van der Waals surface area contributed by atoms with Crippen LogP contribution >= 0.6 is 0 Å². The minimum absolute atomic E-state index is 0.0648. The van der Waals surface area contributed by atoms with Crippen LogP contribution in [-0.4, -0.2) is 54.2 Å². The van der Waals surface area contributed by atoms with Gasteiger partial charge in [-0.1, -0.05) is 43.2 Å². The van der Waals surface area contributed by atoms with Crippen molar-refractivity contribution in [2.45, 2.75) is 45.1 Å². The van der Waals surface area contributed by atoms with Gasteiger partial charge in [0.25, 0.3) is 0 Å². The zero-order chi connectivity index (χ0) is 19.9. The number of hydrogen-bond donors (Lipinski definition) is 1. The standard InChI is InChI=1S/C22H31N3O3/c1-24(16-17-8-3-2-4-9-17)14-7-13-23-20(26)12-15-25-21(27)18-10-5-6-11-19(18)22(25)28/h2-4,8-9,18-19H,5-7,10-16H2,1H3,(H,23,26)/t18-,19-/m0/s1. The van der Waals surface area contributed by atoms with Crippen LogP contribution in [0.5, 0.6) is 0 Å². The van der Waals surface area contributed by atoms with Crippen molar-refractivity contribution in [2.75, 3.05) is 26.7 Å². The number of hydrogen-bond acceptors (Lipinski definition) is 4. The molecular formula is C22H31N3O3. The zero-order valence-corrected chi connectivity index (χ0v) is 16.7. The molecular weight excluding hydrogens is 354 g/mol. The molecule has 0 bridgehead atoms. The fraction of sp³-hybridized carbons (Fsp3) is 0.591. The average molecular weight is 386 g/mol. The van der Waals surface area contributed by atoms with Crippen molar-refractivity contribution in [3.8, 4) is 0 Å². The lowest BCUT2D eigenvalue weighted by Gasteiger charge is -2.19. The first-order valence-corrected chi connectivity index (χ1v) is 10.4. The molecule has 1 heterocycles. The number of nitrogens with zero attached hydrogens (tertiary/aromatic N) is 2. The third-order valence-corrected chi connectivity index (χ3v) is 5.83. The summed E-state index contributed by atoms with van der Waals surface area (Å²) in [5.41, 5.74) is 1.27. The summed E-state index contributed by atoms with van der Waals surface area (Å²) in [5.74, 6) is -0.495. The predicted octanol–water partition coefficient (Wildman–Crippen LogP) is 2.19. The van der Waals surface area contributed by atoms with E-state index in [1.807, 2.05) is 18.2 Å². The van der Waals surface area contributed by atoms with Crippen LogP contribution in [0, 0.1) is 11.8 Å². The van der Waals surface area contributed by atoms with Crippen molar-refractivity contribution in [3.05, 3.63) is 35.9 Å². The van der Waals surface area contributed by atoms with Crippen LogP contribution in [0.4, 0.5) is 0 Å². The minimum Gasteiger partial charge on any atom is -0.356 e. The first-order valence-electron chi connectivity index (χ1n) is 10.4. The molecule has 1 N–H and O–H groups in total. The summed E-state index contributed by atoms with van der Waals surface area (Å²) in [4.78, 5) is 40.5. The van der Waals surface area contributed by atoms with Gasteiger partial charge < -0.3 is 10.2 Å². The first kappa shape index (κ1) is 20.5. The number of rotatable bonds is 9. The molecule has 1 aromatic rings. The molecule has 1 saturated carbocycles. The van der Waals surface area contributed by atoms with Gasteiger partial charge in [-0.2, -0.15) is 0 Å². The number of likely N-dealkylation sites (tertiary alicyclic amines) is 1. The lowest BCUT2D eigenvalue weighted by Crippen LogP contribution is -2.36. The molecule has 6 heteroatoms. The Morgan fingerprint density at radius 2 is 1.75 bits per heavy atom. The Morgan fingerprint density at radius 1 is 1.11 bits per heavy atom. The summed E-state index contributed by atoms with van der Waals surface area (Å²) in [7, 11) is 2.07. The molecule has 0 radical (unpaired) electrons. The number of carbonyl (C=O) groups is 3. The third-order valence-electron chi connectivity index (χ3n) is 5.83. The topological polar surface area (TPSA) is 69.7 Å². The molecule has 28 heavy (non-hydrogen) atoms. The Balaban J connectivity index is 1.31. The van der Waals surface area contributed by atoms with Gasteiger partial charge in [-0.25, -0.2) is 0 Å². The van der Waals surface area contributed by atoms with Crippen molar-refractivity contribution < 1.29 is 14.4 Å². The molecule has 2 aliphatic rings. The highest BCUT2D eigenvalue weighted by atomic mass is 16.2. The molecule has 0 aromatic heterocycles. The summed E-state index contributed by atoms with van der Waals surface area (Å²) in [5, 5.41) is 2.90. The van der Waals surface area contributed by atoms with Crippen molar-refractivity contribution >= 4 is 17.7 Å². The van der Waals surface area contributed by atoms with Crippen LogP contribution in [-0.2, 0) is 20.9 Å². The maximum Gasteiger partial charge on any atom is 0.233 e. The summed E-state index contributed by atoms with van der Waals surface area (Å²) in [6.07, 6.45) is 4.72. The smallest absolute Gasteiger partial charge is 0.233 e. The Hall–Kier alpha value is -2.21. The van der Waals surface area contributed by atoms with Crippen LogP contribution in [0.15, 0.2) is 30.3 Å². The van der Waals surface area contributed by atoms with E-state index in [-0.39, 0.29) is 42.5 Å². The number of imide groups is 1. The van der Waals surface area contributed by atoms with Crippen LogP contribution in [0.3, 0.4) is 0 Å². The van der Waals surface area contributed by atoms with Crippen molar-refractivity contribution in [1.29, 1.82) is 0 Å². The highest BCUT2D eigenvalue weighted by molar-refractivity contribution is 6.05. The number of nitrogens with one attached hydrogen (secondary N) is 1. The van der Waals surface area contributed by atoms with E-state index in [0.29, 0.717) is 6.54 Å². The van der Waals surface area contributed by atoms with E-state index in [4.69, 9.17) is 0 Å². The minimum atomic E-state index is -0.135. The second-order valence-electron chi connectivity index (χ2n) is 8.00. The van der Waals surface area contributed by atoms with Gasteiger partial charge >= 0.3 is 0 Å². The maximum atomic E-state index is 12.4. The molecule has 1 aliphatic carbocycles. The SMILES string of the molecule is CN(CCCNC(=O)CCN1C(=O)[C@H]2CCCC[C@@H]2C1=O)Cc1ccccc1. The van der Waals surface area contributed by atoms with Gasteiger partial charge in [-0.05, 0) is 38.4 Å². The molecule has 2 atom stereocenters. The number of carbonyl (C=O) groups excluding carboxylic acids is 3. The zero-order valence-electron chi connectivity index (χ0n) is 16.7. The van der Waals surface area contributed by atoms with E-state index in [1.165, 1.54) is 10.5 Å². The van der Waals surface area contributed by atoms with Crippen molar-refractivity contribution in [3.63, 3.8) is 0 Å². The van der Waals surface area contributed by atoms with Crippen LogP contribution in [0.25, 0.3) is 0 Å². The Kier molecular flexibility index (Phi) is 7.20. The van der Waals surface area contributed by atoms with E-state index in [1.54, 1.807) is 0 Å². The summed E-state index contributed by atoms with van der Waals surface area (Å²) < 4.78 is 0. The van der Waals surface area contributed by atoms with Gasteiger partial charge in [0.15, 0.2) is 0 Å². The number of amides is 3. The lowest BCUT2D eigenvalue weighted by molar-refractivity contribution is -0.140. The molecule has 6 nitrogen and oxygen atoms in total. The van der Waals surface area contributed by atoms with Crippen molar-refractivity contribution in [2.24, 2.45) is 11.8 Å². The van der Waals surface area contributed by atoms with Gasteiger partial charge in [0.1, 0.15) is 0 Å². The molecule has 1 saturated heterocycles. The van der Waals surface area contributed by atoms with E-state index >= 15 is 0 Å². The molecule has 1 aliphatic heterocycles. The second kappa shape index (κ2) is 9.82. The van der Waals surface area contributed by atoms with Gasteiger partial charge in [0.05, 0.1) is 11.8 Å². The quantitative estimate of drug-likeness (QED) is 0.523. The summed E-state index contributed by atoms with van der Waals surface area (Å²) in [6.45, 7) is 2.59. The third kappa shape index (κ3) is 5.19. The Labute approximate surface area is 167 Å². The van der Waals surface area contributed by atoms with Crippen molar-refractivity contribution in [1.82, 2.24) is 15.1 Å². The molecule has 0 spiro atoms. The fourth-order valence-corrected chi connectivity index (χ4v) is 4.30. The normalized spacial score (nSPS) is 21.9.